The number of piperidine rings is 1. The molecule has 2 aliphatic rings. The smallest absolute Gasteiger partial charge is 0.234 e. The summed E-state index contributed by atoms with van der Waals surface area (Å²) in [5.41, 5.74) is 5.68. The molecule has 1 N–H and O–H groups in total. The third kappa shape index (κ3) is 5.73. The van der Waals surface area contributed by atoms with Gasteiger partial charge in [0.25, 0.3) is 0 Å². The number of fused-ring (bicyclic) bond motifs is 1. The minimum absolute atomic E-state index is 0.115. The average molecular weight is 564 g/mol. The molecule has 1 atom stereocenters. The van der Waals surface area contributed by atoms with Gasteiger partial charge in [-0.1, -0.05) is 72.8 Å². The zero-order chi connectivity index (χ0) is 29.0. The molecule has 1 saturated heterocycles. The molecule has 0 amide bonds. The van der Waals surface area contributed by atoms with Gasteiger partial charge < -0.3 is 0 Å². The summed E-state index contributed by atoms with van der Waals surface area (Å²) in [5, 5.41) is 17.7. The Morgan fingerprint density at radius 3 is 2.56 bits per heavy atom. The quantitative estimate of drug-likeness (QED) is 0.270. The van der Waals surface area contributed by atoms with Crippen LogP contribution in [-0.2, 0) is 6.54 Å². The molecule has 9 heteroatoms. The van der Waals surface area contributed by atoms with E-state index in [9.17, 15) is 5.26 Å². The van der Waals surface area contributed by atoms with Crippen molar-refractivity contribution in [3.8, 4) is 28.5 Å². The van der Waals surface area contributed by atoms with Gasteiger partial charge in [-0.25, -0.2) is 15.0 Å². The topological polar surface area (TPSA) is 120 Å². The van der Waals surface area contributed by atoms with E-state index in [1.165, 1.54) is 5.56 Å². The van der Waals surface area contributed by atoms with Crippen LogP contribution in [-0.4, -0.2) is 54.3 Å². The third-order valence-electron chi connectivity index (χ3n) is 7.99. The van der Waals surface area contributed by atoms with E-state index in [2.05, 4.69) is 72.5 Å². The van der Waals surface area contributed by atoms with Crippen molar-refractivity contribution in [2.45, 2.75) is 31.3 Å². The maximum absolute atomic E-state index is 9.29. The van der Waals surface area contributed by atoms with Crippen molar-refractivity contribution in [2.75, 3.05) is 13.1 Å². The van der Waals surface area contributed by atoms with Crippen molar-refractivity contribution < 1.29 is 0 Å². The molecule has 7 rings (SSSR count). The molecule has 3 aromatic heterocycles. The first kappa shape index (κ1) is 26.6. The highest BCUT2D eigenvalue weighted by atomic mass is 15.2. The highest BCUT2D eigenvalue weighted by Crippen LogP contribution is 2.33. The van der Waals surface area contributed by atoms with Crippen molar-refractivity contribution in [3.05, 3.63) is 114 Å². The minimum atomic E-state index is -0.115. The number of likely N-dealkylation sites (tertiary alicyclic amines) is 1. The van der Waals surface area contributed by atoms with Gasteiger partial charge in [-0.2, -0.15) is 15.3 Å². The summed E-state index contributed by atoms with van der Waals surface area (Å²) < 4.78 is 0. The number of hydrogen-bond acceptors (Lipinski definition) is 8. The van der Waals surface area contributed by atoms with Crippen LogP contribution < -0.4 is 0 Å². The Kier molecular flexibility index (Phi) is 7.34. The van der Waals surface area contributed by atoms with Crippen molar-refractivity contribution >= 4 is 17.2 Å². The van der Waals surface area contributed by atoms with Gasteiger partial charge in [0.15, 0.2) is 17.3 Å². The van der Waals surface area contributed by atoms with Gasteiger partial charge in [0.05, 0.1) is 5.69 Å². The van der Waals surface area contributed by atoms with Crippen LogP contribution in [0.25, 0.3) is 33.4 Å². The maximum atomic E-state index is 9.29. The van der Waals surface area contributed by atoms with Gasteiger partial charge in [-0.15, -0.1) is 0 Å². The summed E-state index contributed by atoms with van der Waals surface area (Å²) in [6.45, 7) is 2.87. The Labute approximate surface area is 249 Å². The lowest BCUT2D eigenvalue weighted by Gasteiger charge is -2.30. The molecular weight excluding hydrogens is 534 g/mol. The summed E-state index contributed by atoms with van der Waals surface area (Å²) >= 11 is 0. The van der Waals surface area contributed by atoms with E-state index >= 15 is 0 Å². The number of allylic oxidation sites excluding steroid dienone is 3. The van der Waals surface area contributed by atoms with Crippen LogP contribution >= 0.6 is 0 Å². The number of aromatic nitrogens is 6. The van der Waals surface area contributed by atoms with Gasteiger partial charge in [0, 0.05) is 41.4 Å². The highest BCUT2D eigenvalue weighted by molar-refractivity contribution is 5.89. The number of pyridine rings is 1. The van der Waals surface area contributed by atoms with Crippen molar-refractivity contribution in [1.29, 1.82) is 5.26 Å². The lowest BCUT2D eigenvalue weighted by molar-refractivity contribution is 0.202. The molecule has 0 bridgehead atoms. The molecule has 2 aromatic carbocycles. The number of benzene rings is 2. The second kappa shape index (κ2) is 11.9. The largest absolute Gasteiger partial charge is 0.299 e. The fraction of sp³-hybridized carbons (Fsp3) is 0.206. The molecule has 9 nitrogen and oxygen atoms in total. The average Bonchev–Trinajstić information content (AvgIpc) is 3.40. The maximum Gasteiger partial charge on any atom is 0.234 e. The second-order valence-corrected chi connectivity index (χ2v) is 10.8. The van der Waals surface area contributed by atoms with Crippen LogP contribution in [0, 0.1) is 11.3 Å². The summed E-state index contributed by atoms with van der Waals surface area (Å²) in [5.74, 6) is 2.15. The Hall–Kier alpha value is -5.33. The summed E-state index contributed by atoms with van der Waals surface area (Å²) in [6.07, 6.45) is 13.4. The molecule has 0 radical (unpaired) electrons. The van der Waals surface area contributed by atoms with Gasteiger partial charge in [-0.3, -0.25) is 15.0 Å². The molecule has 0 spiro atoms. The fourth-order valence-electron chi connectivity index (χ4n) is 5.69. The number of aromatic amines is 1. The van der Waals surface area contributed by atoms with E-state index in [1.807, 2.05) is 48.6 Å². The van der Waals surface area contributed by atoms with Crippen molar-refractivity contribution in [2.24, 2.45) is 4.99 Å². The molecule has 0 saturated carbocycles. The van der Waals surface area contributed by atoms with Gasteiger partial charge in [-0.05, 0) is 49.2 Å². The molecule has 0 aliphatic carbocycles. The molecule has 2 aliphatic heterocycles. The number of rotatable bonds is 6. The van der Waals surface area contributed by atoms with E-state index in [1.54, 1.807) is 12.4 Å². The number of aliphatic imine (C=N–C) groups is 1. The van der Waals surface area contributed by atoms with Gasteiger partial charge in [0.2, 0.25) is 5.82 Å². The number of nitriles is 1. The van der Waals surface area contributed by atoms with Gasteiger partial charge >= 0.3 is 0 Å². The molecule has 1 unspecified atom stereocenters. The summed E-state index contributed by atoms with van der Waals surface area (Å²) in [4.78, 5) is 25.2. The molecule has 1 fully saturated rings. The zero-order valence-electron chi connectivity index (χ0n) is 23.5. The van der Waals surface area contributed by atoms with E-state index in [-0.39, 0.29) is 11.9 Å². The minimum Gasteiger partial charge on any atom is -0.299 e. The Balaban J connectivity index is 1.05. The molecule has 5 heterocycles. The summed E-state index contributed by atoms with van der Waals surface area (Å²) in [7, 11) is 0. The monoisotopic (exact) mass is 563 g/mol. The molecule has 5 aromatic rings. The van der Waals surface area contributed by atoms with Crippen molar-refractivity contribution in [1.82, 2.24) is 35.0 Å². The number of nitrogens with one attached hydrogen (secondary N) is 1. The fourth-order valence-corrected chi connectivity index (χ4v) is 5.69. The van der Waals surface area contributed by atoms with E-state index in [0.29, 0.717) is 11.6 Å². The number of hydrogen-bond donors (Lipinski definition) is 1. The summed E-state index contributed by atoms with van der Waals surface area (Å²) in [6, 6.07) is 22.8. The number of nitrogens with zero attached hydrogens (tertiary/aromatic N) is 8. The lowest BCUT2D eigenvalue weighted by Crippen LogP contribution is -2.32. The molecule has 43 heavy (non-hydrogen) atoms. The van der Waals surface area contributed by atoms with Crippen LogP contribution in [0.3, 0.4) is 0 Å². The molecular formula is C34H29N9. The van der Waals surface area contributed by atoms with Crippen LogP contribution in [0.15, 0.2) is 96.2 Å². The lowest BCUT2D eigenvalue weighted by atomic mass is 9.95. The van der Waals surface area contributed by atoms with Crippen LogP contribution in [0.5, 0.6) is 0 Å². The first-order valence-electron chi connectivity index (χ1n) is 14.5. The second-order valence-electron chi connectivity index (χ2n) is 10.8. The third-order valence-corrected chi connectivity index (χ3v) is 7.99. The van der Waals surface area contributed by atoms with E-state index < -0.39 is 0 Å². The first-order valence-corrected chi connectivity index (χ1v) is 14.5. The zero-order valence-corrected chi connectivity index (χ0v) is 23.5. The standard InChI is InChI=1S/C34H29N9/c35-20-30-37-21-27-19-28(24-7-3-1-4-8-24)31(39-32(27)38-30)25-12-10-23(11-13-25)22-43-17-14-26(15-18-43)33-40-34(42-41-33)29-9-5-2-6-16-36-29/h1-13,16,19,21,26,29H,14-15,17-18,22H2,(H,40,41,42). The Morgan fingerprint density at radius 1 is 0.907 bits per heavy atom. The normalized spacial score (nSPS) is 17.2. The first-order chi connectivity index (χ1) is 21.2. The van der Waals surface area contributed by atoms with Crippen LogP contribution in [0.1, 0.15) is 47.8 Å². The van der Waals surface area contributed by atoms with Crippen molar-refractivity contribution in [3.63, 3.8) is 0 Å². The Bertz CT molecular complexity index is 1860. The Morgan fingerprint density at radius 2 is 1.74 bits per heavy atom. The van der Waals surface area contributed by atoms with E-state index in [0.717, 1.165) is 71.9 Å². The SMILES string of the molecule is N#Cc1ncc2cc(-c3ccccc3)c(-c3ccc(CN4CCC(c5n[nH]c(C6C=CC=CC=N6)n5)CC4)cc3)nc2n1. The van der Waals surface area contributed by atoms with Crippen LogP contribution in [0.2, 0.25) is 0 Å². The van der Waals surface area contributed by atoms with Gasteiger partial charge in [0.1, 0.15) is 12.1 Å². The van der Waals surface area contributed by atoms with Crippen LogP contribution in [0.4, 0.5) is 0 Å². The number of H-pyrrole nitrogens is 1. The molecule has 210 valence electrons. The predicted octanol–water partition coefficient (Wildman–Crippen LogP) is 5.97. The predicted molar refractivity (Wildman–Crippen MR) is 166 cm³/mol. The highest BCUT2D eigenvalue weighted by Gasteiger charge is 2.25. The van der Waals surface area contributed by atoms with E-state index in [4.69, 9.17) is 9.97 Å².